The van der Waals surface area contributed by atoms with Gasteiger partial charge in [-0.2, -0.15) is 5.26 Å². The zero-order valence-electron chi connectivity index (χ0n) is 16.4. The zero-order valence-corrected chi connectivity index (χ0v) is 18.0. The molecular formula is C20H20ClFN2O5S. The van der Waals surface area contributed by atoms with Gasteiger partial charge in [-0.25, -0.2) is 17.1 Å². The number of nitrogens with zero attached hydrogens (tertiary/aromatic N) is 2. The maximum atomic E-state index is 13.0. The Morgan fingerprint density at radius 2 is 1.93 bits per heavy atom. The van der Waals surface area contributed by atoms with E-state index in [1.54, 1.807) is 6.92 Å². The molecule has 7 nitrogen and oxygen atoms in total. The molecule has 2 aromatic carbocycles. The lowest BCUT2D eigenvalue weighted by atomic mass is 10.2. The lowest BCUT2D eigenvalue weighted by Crippen LogP contribution is -2.28. The fraction of sp³-hybridized carbons (Fsp3) is 0.300. The number of carbonyl (C=O) groups is 1. The number of ether oxygens (including phenoxy) is 2. The highest BCUT2D eigenvalue weighted by molar-refractivity contribution is 7.89. The van der Waals surface area contributed by atoms with Crippen molar-refractivity contribution in [2.45, 2.75) is 24.7 Å². The first-order valence-corrected chi connectivity index (χ1v) is 10.8. The van der Waals surface area contributed by atoms with Gasteiger partial charge in [0, 0.05) is 26.1 Å². The number of sulfonamides is 1. The second kappa shape index (κ2) is 10.4. The molecule has 0 aliphatic carbocycles. The van der Waals surface area contributed by atoms with E-state index < -0.39 is 21.8 Å². The van der Waals surface area contributed by atoms with Crippen LogP contribution in [0.5, 0.6) is 11.5 Å². The van der Waals surface area contributed by atoms with Gasteiger partial charge in [-0.15, -0.1) is 0 Å². The van der Waals surface area contributed by atoms with Crippen LogP contribution in [0.1, 0.15) is 25.3 Å². The molecule has 0 saturated heterocycles. The van der Waals surface area contributed by atoms with Crippen molar-refractivity contribution < 1.29 is 27.1 Å². The average molecular weight is 455 g/mol. The van der Waals surface area contributed by atoms with E-state index in [9.17, 15) is 17.6 Å². The summed E-state index contributed by atoms with van der Waals surface area (Å²) < 4.78 is 49.7. The first-order valence-electron chi connectivity index (χ1n) is 8.98. The molecule has 160 valence electrons. The van der Waals surface area contributed by atoms with E-state index in [4.69, 9.17) is 26.3 Å². The van der Waals surface area contributed by atoms with Crippen molar-refractivity contribution in [1.29, 1.82) is 5.26 Å². The van der Waals surface area contributed by atoms with Crippen LogP contribution in [0.25, 0.3) is 0 Å². The summed E-state index contributed by atoms with van der Waals surface area (Å²) in [5.41, 5.74) is 0.260. The Hall–Kier alpha value is -2.67. The molecule has 0 fully saturated rings. The predicted octanol–water partition coefficient (Wildman–Crippen LogP) is 3.76. The fourth-order valence-electron chi connectivity index (χ4n) is 2.51. The Morgan fingerprint density at radius 1 is 1.27 bits per heavy atom. The third kappa shape index (κ3) is 5.92. The molecule has 0 unspecified atom stereocenters. The first-order chi connectivity index (χ1) is 14.2. The fourth-order valence-corrected chi connectivity index (χ4v) is 3.97. The van der Waals surface area contributed by atoms with Crippen molar-refractivity contribution >= 4 is 27.6 Å². The van der Waals surface area contributed by atoms with Crippen LogP contribution in [-0.4, -0.2) is 38.9 Å². The van der Waals surface area contributed by atoms with Gasteiger partial charge in [0.05, 0.1) is 28.2 Å². The minimum Gasteiger partial charge on any atom is -0.490 e. The zero-order chi connectivity index (χ0) is 22.3. The molecule has 0 atom stereocenters. The summed E-state index contributed by atoms with van der Waals surface area (Å²) in [6.45, 7) is 2.06. The van der Waals surface area contributed by atoms with E-state index in [0.717, 1.165) is 16.4 Å². The third-order valence-electron chi connectivity index (χ3n) is 4.03. The molecule has 0 aromatic heterocycles. The van der Waals surface area contributed by atoms with Gasteiger partial charge in [0.15, 0.2) is 11.5 Å². The molecule has 0 bridgehead atoms. The Labute approximate surface area is 179 Å². The van der Waals surface area contributed by atoms with Crippen LogP contribution >= 0.6 is 11.6 Å². The number of hydrogen-bond acceptors (Lipinski definition) is 6. The van der Waals surface area contributed by atoms with E-state index in [2.05, 4.69) is 0 Å². The van der Waals surface area contributed by atoms with Crippen molar-refractivity contribution in [3.05, 3.63) is 52.8 Å². The standard InChI is InChI=1S/C20H20ClFN2O5S/c1-3-28-18-12-14(13-23)11-17(21)20(18)29-19(25)5-4-10-24(2)30(26,27)16-8-6-15(22)7-9-16/h6-9,11-12H,3-5,10H2,1-2H3. The minimum absolute atomic E-state index is 0.00908. The van der Waals surface area contributed by atoms with Crippen LogP contribution in [-0.2, 0) is 14.8 Å². The largest absolute Gasteiger partial charge is 0.490 e. The quantitative estimate of drug-likeness (QED) is 0.423. The normalized spacial score (nSPS) is 11.2. The van der Waals surface area contributed by atoms with E-state index in [0.29, 0.717) is 0 Å². The predicted molar refractivity (Wildman–Crippen MR) is 108 cm³/mol. The summed E-state index contributed by atoms with van der Waals surface area (Å²) in [5, 5.41) is 9.07. The van der Waals surface area contributed by atoms with Crippen LogP contribution < -0.4 is 9.47 Å². The van der Waals surface area contributed by atoms with Crippen molar-refractivity contribution in [2.24, 2.45) is 0 Å². The molecule has 0 radical (unpaired) electrons. The van der Waals surface area contributed by atoms with Crippen LogP contribution in [0.4, 0.5) is 4.39 Å². The first kappa shape index (κ1) is 23.6. The highest BCUT2D eigenvalue weighted by Crippen LogP contribution is 2.36. The summed E-state index contributed by atoms with van der Waals surface area (Å²) in [7, 11) is -2.43. The van der Waals surface area contributed by atoms with E-state index >= 15 is 0 Å². The van der Waals surface area contributed by atoms with Gasteiger partial charge in [0.25, 0.3) is 0 Å². The number of rotatable bonds is 9. The molecule has 0 amide bonds. The topological polar surface area (TPSA) is 96.7 Å². The number of hydrogen-bond donors (Lipinski definition) is 0. The molecule has 2 rings (SSSR count). The van der Waals surface area contributed by atoms with Crippen LogP contribution in [0.3, 0.4) is 0 Å². The SMILES string of the molecule is CCOc1cc(C#N)cc(Cl)c1OC(=O)CCCN(C)S(=O)(=O)c1ccc(F)cc1. The second-order valence-corrected chi connectivity index (χ2v) is 8.64. The summed E-state index contributed by atoms with van der Waals surface area (Å²) in [4.78, 5) is 12.2. The van der Waals surface area contributed by atoms with Gasteiger partial charge in [0.2, 0.25) is 10.0 Å². The Bertz CT molecular complexity index is 1050. The Kier molecular flexibility index (Phi) is 8.17. The number of esters is 1. The van der Waals surface area contributed by atoms with E-state index in [-0.39, 0.29) is 53.0 Å². The van der Waals surface area contributed by atoms with Gasteiger partial charge in [-0.05, 0) is 43.7 Å². The third-order valence-corrected chi connectivity index (χ3v) is 6.18. The highest BCUT2D eigenvalue weighted by atomic mass is 35.5. The van der Waals surface area contributed by atoms with Crippen molar-refractivity contribution in [1.82, 2.24) is 4.31 Å². The van der Waals surface area contributed by atoms with E-state index in [1.165, 1.54) is 31.3 Å². The highest BCUT2D eigenvalue weighted by Gasteiger charge is 2.21. The molecule has 0 N–H and O–H groups in total. The number of halogens is 2. The molecule has 30 heavy (non-hydrogen) atoms. The van der Waals surface area contributed by atoms with Gasteiger partial charge in [-0.3, -0.25) is 4.79 Å². The minimum atomic E-state index is -3.80. The molecule has 2 aromatic rings. The Balaban J connectivity index is 1.98. The molecule has 0 heterocycles. The van der Waals surface area contributed by atoms with Crippen LogP contribution in [0.2, 0.25) is 5.02 Å². The number of benzene rings is 2. The summed E-state index contributed by atoms with van der Waals surface area (Å²) in [6.07, 6.45) is 0.110. The maximum absolute atomic E-state index is 13.0. The van der Waals surface area contributed by atoms with Crippen LogP contribution in [0, 0.1) is 17.1 Å². The van der Waals surface area contributed by atoms with Crippen molar-refractivity contribution in [3.8, 4) is 17.6 Å². The molecule has 0 saturated carbocycles. The van der Waals surface area contributed by atoms with Crippen molar-refractivity contribution in [3.63, 3.8) is 0 Å². The average Bonchev–Trinajstić information content (AvgIpc) is 2.70. The van der Waals surface area contributed by atoms with Gasteiger partial charge < -0.3 is 9.47 Å². The molecule has 0 aliphatic rings. The van der Waals surface area contributed by atoms with E-state index in [1.807, 2.05) is 6.07 Å². The summed E-state index contributed by atoms with van der Waals surface area (Å²) in [5.74, 6) is -0.983. The number of nitriles is 1. The smallest absolute Gasteiger partial charge is 0.311 e. The molecule has 10 heteroatoms. The molecular weight excluding hydrogens is 435 g/mol. The summed E-state index contributed by atoms with van der Waals surface area (Å²) >= 11 is 6.09. The van der Waals surface area contributed by atoms with Gasteiger partial charge in [-0.1, -0.05) is 11.6 Å². The molecule has 0 spiro atoms. The van der Waals surface area contributed by atoms with Crippen LogP contribution in [0.15, 0.2) is 41.3 Å². The lowest BCUT2D eigenvalue weighted by Gasteiger charge is -2.17. The van der Waals surface area contributed by atoms with Gasteiger partial charge in [0.1, 0.15) is 5.82 Å². The Morgan fingerprint density at radius 3 is 2.53 bits per heavy atom. The monoisotopic (exact) mass is 454 g/mol. The van der Waals surface area contributed by atoms with Crippen molar-refractivity contribution in [2.75, 3.05) is 20.2 Å². The van der Waals surface area contributed by atoms with Gasteiger partial charge >= 0.3 is 5.97 Å². The molecule has 0 aliphatic heterocycles. The lowest BCUT2D eigenvalue weighted by molar-refractivity contribution is -0.134. The second-order valence-electron chi connectivity index (χ2n) is 6.19. The number of carbonyl (C=O) groups excluding carboxylic acids is 1. The maximum Gasteiger partial charge on any atom is 0.311 e. The summed E-state index contributed by atoms with van der Waals surface area (Å²) in [6, 6.07) is 9.20.